The molecular weight excluding hydrogens is 534 g/mol. The number of ether oxygens (including phenoxy) is 1. The van der Waals surface area contributed by atoms with Crippen LogP contribution in [-0.2, 0) is 4.74 Å². The number of nitrogens with two attached hydrogens (primary N) is 1. The number of thiophene rings is 1. The smallest absolute Gasteiger partial charge is 0.412 e. The molecule has 130 valence electrons. The molecular formula is C12H7Br2Cl3N2O4S. The lowest BCUT2D eigenvalue weighted by atomic mass is 10.1. The zero-order valence-corrected chi connectivity index (χ0v) is 17.6. The van der Waals surface area contributed by atoms with Gasteiger partial charge in [-0.05, 0) is 37.9 Å². The van der Waals surface area contributed by atoms with E-state index in [4.69, 9.17) is 45.3 Å². The van der Waals surface area contributed by atoms with Gasteiger partial charge >= 0.3 is 6.09 Å². The quantitative estimate of drug-likeness (QED) is 0.468. The summed E-state index contributed by atoms with van der Waals surface area (Å²) in [6, 6.07) is 1.52. The molecule has 0 radical (unpaired) electrons. The Kier molecular flexibility index (Phi) is 6.15. The number of primary amides is 1. The molecule has 2 amide bonds. The summed E-state index contributed by atoms with van der Waals surface area (Å²) < 4.78 is 4.22. The summed E-state index contributed by atoms with van der Waals surface area (Å²) in [6.45, 7) is -0.476. The third kappa shape index (κ3) is 4.39. The molecule has 24 heavy (non-hydrogen) atoms. The van der Waals surface area contributed by atoms with Crippen LogP contribution < -0.4 is 11.1 Å². The van der Waals surface area contributed by atoms with Crippen molar-refractivity contribution in [3.8, 4) is 5.75 Å². The van der Waals surface area contributed by atoms with Crippen LogP contribution in [0.4, 0.5) is 9.80 Å². The van der Waals surface area contributed by atoms with Gasteiger partial charge in [-0.2, -0.15) is 0 Å². The second-order valence-electron chi connectivity index (χ2n) is 4.38. The number of aromatic hydroxyl groups is 1. The van der Waals surface area contributed by atoms with Crippen LogP contribution in [0.25, 0.3) is 10.1 Å². The number of halogens is 5. The molecule has 2 aromatic rings. The minimum absolute atomic E-state index is 0.0508. The largest absolute Gasteiger partial charge is 0.506 e. The summed E-state index contributed by atoms with van der Waals surface area (Å²) in [7, 11) is 0. The lowest BCUT2D eigenvalue weighted by molar-refractivity contribution is 0.100. The van der Waals surface area contributed by atoms with Crippen LogP contribution in [0.15, 0.2) is 15.0 Å². The van der Waals surface area contributed by atoms with Crippen LogP contribution in [0.1, 0.15) is 10.4 Å². The Morgan fingerprint density at radius 1 is 1.38 bits per heavy atom. The molecule has 0 spiro atoms. The average molecular weight is 541 g/mol. The lowest BCUT2D eigenvalue weighted by Crippen LogP contribution is -2.22. The van der Waals surface area contributed by atoms with Crippen molar-refractivity contribution in [2.45, 2.75) is 3.79 Å². The molecule has 12 heteroatoms. The maximum atomic E-state index is 11.8. The molecule has 0 saturated carbocycles. The number of amides is 2. The second kappa shape index (κ2) is 7.43. The Morgan fingerprint density at radius 3 is 2.54 bits per heavy atom. The third-order valence-electron chi connectivity index (χ3n) is 2.68. The Morgan fingerprint density at radius 2 is 2.00 bits per heavy atom. The highest BCUT2D eigenvalue weighted by atomic mass is 79.9. The fraction of sp³-hybridized carbons (Fsp3) is 0.167. The average Bonchev–Trinajstić information content (AvgIpc) is 2.80. The molecule has 0 aliphatic heterocycles. The molecule has 0 aliphatic carbocycles. The maximum absolute atomic E-state index is 11.8. The number of phenolic OH excluding ortho intramolecular Hbond substituents is 1. The van der Waals surface area contributed by atoms with Crippen molar-refractivity contribution in [2.24, 2.45) is 5.73 Å². The van der Waals surface area contributed by atoms with E-state index in [-0.39, 0.29) is 16.3 Å². The van der Waals surface area contributed by atoms with Gasteiger partial charge in [0.05, 0.1) is 19.2 Å². The first-order valence-corrected chi connectivity index (χ1v) is 9.48. The number of carbonyl (C=O) groups is 2. The Labute approximate surface area is 171 Å². The van der Waals surface area contributed by atoms with E-state index in [1.807, 2.05) is 0 Å². The molecule has 1 aromatic heterocycles. The monoisotopic (exact) mass is 538 g/mol. The van der Waals surface area contributed by atoms with Crippen LogP contribution in [0.2, 0.25) is 0 Å². The van der Waals surface area contributed by atoms with Crippen molar-refractivity contribution in [3.63, 3.8) is 0 Å². The van der Waals surface area contributed by atoms with E-state index in [2.05, 4.69) is 37.2 Å². The molecule has 1 heterocycles. The molecule has 0 saturated heterocycles. The SMILES string of the molecule is NC(=O)c1c(NC(=O)OCC(Cl)(Cl)Cl)sc2c(Br)c(O)c(Br)cc12. The Bertz CT molecular complexity index is 838. The number of hydrogen-bond donors (Lipinski definition) is 3. The molecule has 4 N–H and O–H groups in total. The van der Waals surface area contributed by atoms with Gasteiger partial charge in [-0.25, -0.2) is 4.79 Å². The van der Waals surface area contributed by atoms with Crippen LogP contribution in [0, 0.1) is 0 Å². The van der Waals surface area contributed by atoms with E-state index < -0.39 is 22.4 Å². The molecule has 0 atom stereocenters. The number of nitrogens with one attached hydrogen (secondary N) is 1. The maximum Gasteiger partial charge on any atom is 0.412 e. The fourth-order valence-electron chi connectivity index (χ4n) is 1.76. The van der Waals surface area contributed by atoms with Gasteiger partial charge in [0.1, 0.15) is 17.4 Å². The number of fused-ring (bicyclic) bond motifs is 1. The predicted octanol–water partition coefficient (Wildman–Crippen LogP) is 5.15. The van der Waals surface area contributed by atoms with E-state index in [1.54, 1.807) is 0 Å². The van der Waals surface area contributed by atoms with Gasteiger partial charge in [0.2, 0.25) is 3.79 Å². The van der Waals surface area contributed by atoms with Crippen molar-refractivity contribution < 1.29 is 19.4 Å². The molecule has 1 aromatic carbocycles. The predicted molar refractivity (Wildman–Crippen MR) is 103 cm³/mol. The highest BCUT2D eigenvalue weighted by molar-refractivity contribution is 9.11. The van der Waals surface area contributed by atoms with Crippen molar-refractivity contribution in [2.75, 3.05) is 11.9 Å². The third-order valence-corrected chi connectivity index (χ3v) is 5.78. The first-order valence-electron chi connectivity index (χ1n) is 5.95. The van der Waals surface area contributed by atoms with Gasteiger partial charge in [0.15, 0.2) is 0 Å². The summed E-state index contributed by atoms with van der Waals surface area (Å²) in [5, 5.41) is 12.9. The van der Waals surface area contributed by atoms with Crippen molar-refractivity contribution in [1.29, 1.82) is 0 Å². The topological polar surface area (TPSA) is 102 Å². The number of phenols is 1. The number of anilines is 1. The van der Waals surface area contributed by atoms with Gasteiger partial charge in [0.25, 0.3) is 5.91 Å². The second-order valence-corrected chi connectivity index (χ2v) is 9.57. The van der Waals surface area contributed by atoms with E-state index in [1.165, 1.54) is 6.07 Å². The summed E-state index contributed by atoms with van der Waals surface area (Å²) in [4.78, 5) is 23.6. The zero-order valence-electron chi connectivity index (χ0n) is 11.3. The zero-order chi connectivity index (χ0) is 18.2. The van der Waals surface area contributed by atoms with Gasteiger partial charge in [-0.1, -0.05) is 34.8 Å². The number of rotatable bonds is 3. The molecule has 0 fully saturated rings. The summed E-state index contributed by atoms with van der Waals surface area (Å²) >= 11 is 23.9. The van der Waals surface area contributed by atoms with Crippen molar-refractivity contribution >= 4 is 105 Å². The van der Waals surface area contributed by atoms with E-state index in [9.17, 15) is 14.7 Å². The minimum Gasteiger partial charge on any atom is -0.506 e. The minimum atomic E-state index is -1.76. The summed E-state index contributed by atoms with van der Waals surface area (Å²) in [5.41, 5.74) is 5.47. The number of alkyl halides is 3. The standard InChI is InChI=1S/C12H7Br2Cl3N2O4S/c13-4-1-3-5(9(18)21)10(24-8(3)6(14)7(4)20)19-11(22)23-2-12(15,16)17/h1,20H,2H2,(H2,18,21)(H,19,22). The van der Waals surface area contributed by atoms with E-state index >= 15 is 0 Å². The summed E-state index contributed by atoms with van der Waals surface area (Å²) in [5.74, 6) is -0.812. The Hall–Kier alpha value is -0.450. The van der Waals surface area contributed by atoms with Crippen LogP contribution in [-0.4, -0.2) is 27.5 Å². The highest BCUT2D eigenvalue weighted by Gasteiger charge is 2.25. The molecule has 6 nitrogen and oxygen atoms in total. The van der Waals surface area contributed by atoms with Crippen molar-refractivity contribution in [1.82, 2.24) is 0 Å². The van der Waals surface area contributed by atoms with Gasteiger partial charge in [0, 0.05) is 5.39 Å². The first-order chi connectivity index (χ1) is 11.0. The molecule has 0 unspecified atom stereocenters. The van der Waals surface area contributed by atoms with E-state index in [0.717, 1.165) is 11.3 Å². The fourth-order valence-corrected chi connectivity index (χ4v) is 4.40. The number of benzene rings is 1. The van der Waals surface area contributed by atoms with E-state index in [0.29, 0.717) is 19.0 Å². The number of carbonyl (C=O) groups excluding carboxylic acids is 2. The first kappa shape index (κ1) is 19.9. The molecule has 0 bridgehead atoms. The lowest BCUT2D eigenvalue weighted by Gasteiger charge is -2.11. The number of hydrogen-bond acceptors (Lipinski definition) is 5. The van der Waals surface area contributed by atoms with Gasteiger partial charge in [-0.15, -0.1) is 11.3 Å². The molecule has 0 aliphatic rings. The van der Waals surface area contributed by atoms with Crippen molar-refractivity contribution in [3.05, 3.63) is 20.6 Å². The van der Waals surface area contributed by atoms with Gasteiger partial charge < -0.3 is 15.6 Å². The molecule has 2 rings (SSSR count). The van der Waals surface area contributed by atoms with Crippen LogP contribution in [0.3, 0.4) is 0 Å². The normalized spacial score (nSPS) is 11.5. The highest BCUT2D eigenvalue weighted by Crippen LogP contribution is 2.46. The van der Waals surface area contributed by atoms with Gasteiger partial charge in [-0.3, -0.25) is 10.1 Å². The van der Waals surface area contributed by atoms with Crippen LogP contribution >= 0.6 is 78.0 Å². The van der Waals surface area contributed by atoms with Crippen LogP contribution in [0.5, 0.6) is 5.75 Å². The Balaban J connectivity index is 2.43. The summed E-state index contributed by atoms with van der Waals surface area (Å²) in [6.07, 6.45) is -0.921.